The minimum absolute atomic E-state index is 0.0342. The number of carboxylic acids is 1. The first-order chi connectivity index (χ1) is 19.8. The van der Waals surface area contributed by atoms with E-state index in [2.05, 4.69) is 20.5 Å². The van der Waals surface area contributed by atoms with Gasteiger partial charge in [0.25, 0.3) is 5.91 Å². The van der Waals surface area contributed by atoms with Gasteiger partial charge in [-0.25, -0.2) is 18.6 Å². The number of amides is 1. The number of benzene rings is 2. The molecule has 3 aromatic rings. The van der Waals surface area contributed by atoms with E-state index < -0.39 is 35.1 Å². The molecule has 1 atom stereocenters. The largest absolute Gasteiger partial charge is 0.490 e. The normalized spacial score (nSPS) is 14.3. The number of halogens is 5. The summed E-state index contributed by atoms with van der Waals surface area (Å²) in [4.78, 5) is 40.6. The minimum Gasteiger partial charge on any atom is -0.475 e. The third kappa shape index (κ3) is 8.94. The van der Waals surface area contributed by atoms with Crippen LogP contribution in [0.2, 0.25) is 0 Å². The van der Waals surface area contributed by atoms with Crippen molar-refractivity contribution in [2.24, 2.45) is 0 Å². The summed E-state index contributed by atoms with van der Waals surface area (Å²) < 4.78 is 59.7. The second-order valence-corrected chi connectivity index (χ2v) is 10.4. The van der Waals surface area contributed by atoms with Gasteiger partial charge in [0.05, 0.1) is 5.56 Å². The van der Waals surface area contributed by atoms with E-state index in [-0.39, 0.29) is 27.8 Å². The van der Waals surface area contributed by atoms with E-state index in [1.54, 1.807) is 24.3 Å². The zero-order valence-corrected chi connectivity index (χ0v) is 23.1. The number of nitrogens with zero attached hydrogens (tertiary/aromatic N) is 2. The van der Waals surface area contributed by atoms with Crippen LogP contribution in [0.3, 0.4) is 0 Å². The fraction of sp³-hybridized carbons (Fsp3) is 0.333. The monoisotopic (exact) mass is 613 g/mol. The summed E-state index contributed by atoms with van der Waals surface area (Å²) in [5.41, 5.74) is 6.32. The predicted molar refractivity (Wildman–Crippen MR) is 147 cm³/mol. The molecule has 1 amide bonds. The van der Waals surface area contributed by atoms with Gasteiger partial charge in [-0.2, -0.15) is 13.2 Å². The maximum absolute atomic E-state index is 14.0. The summed E-state index contributed by atoms with van der Waals surface area (Å²) in [7, 11) is 0. The molecule has 2 aromatic carbocycles. The number of ketones is 1. The zero-order chi connectivity index (χ0) is 31.0. The van der Waals surface area contributed by atoms with E-state index in [4.69, 9.17) is 15.6 Å². The Labute approximate surface area is 241 Å². The highest BCUT2D eigenvalue weighted by molar-refractivity contribution is 7.18. The summed E-state index contributed by atoms with van der Waals surface area (Å²) in [6.45, 7) is 4.98. The first kappa shape index (κ1) is 32.4. The molecule has 0 aliphatic carbocycles. The number of likely N-dealkylation sites (tertiary alicyclic amines) is 1. The number of alkyl halides is 3. The Morgan fingerprint density at radius 1 is 1.05 bits per heavy atom. The third-order valence-electron chi connectivity index (χ3n) is 6.05. The Morgan fingerprint density at radius 3 is 2.17 bits per heavy atom. The molecule has 9 nitrogen and oxygen atoms in total. The maximum Gasteiger partial charge on any atom is 0.490 e. The highest BCUT2D eigenvalue weighted by Gasteiger charge is 2.38. The smallest absolute Gasteiger partial charge is 0.475 e. The van der Waals surface area contributed by atoms with Crippen LogP contribution in [-0.2, 0) is 4.79 Å². The summed E-state index contributed by atoms with van der Waals surface area (Å²) in [5, 5.41) is 13.5. The van der Waals surface area contributed by atoms with Crippen molar-refractivity contribution in [2.45, 2.75) is 38.4 Å². The fourth-order valence-corrected chi connectivity index (χ4v) is 4.94. The molecule has 2 heterocycles. The molecule has 0 spiro atoms. The Kier molecular flexibility index (Phi) is 10.9. The predicted octanol–water partition coefficient (Wildman–Crippen LogP) is 5.22. The number of carboxylic acid groups (broad SMARTS) is 1. The molecular weight excluding hydrogens is 585 g/mol. The number of rotatable bonds is 8. The highest BCUT2D eigenvalue weighted by Crippen LogP contribution is 2.31. The minimum atomic E-state index is -5.08. The van der Waals surface area contributed by atoms with Crippen molar-refractivity contribution in [3.8, 4) is 0 Å². The van der Waals surface area contributed by atoms with Gasteiger partial charge in [0.1, 0.15) is 22.3 Å². The standard InChI is InChI=1S/C25H27F2N5O2S.C2HF3O2/c1-15(14-32-12-3-2-4-13-32)29-24(34)16-8-10-17(11-9-16)30-25-31-23(28)22(35-25)21(33)20-18(26)6-5-7-19(20)27;3-2(4,5)1(6)7/h5-11,15H,2-4,12-14,28H2,1H3,(H,29,34)(H,30,31);(H,6,7)/t15-;/m1./s1. The first-order valence-electron chi connectivity index (χ1n) is 12.7. The van der Waals surface area contributed by atoms with E-state index in [1.807, 2.05) is 6.92 Å². The Bertz CT molecular complexity index is 1390. The molecular formula is C27H28F5N5O4S. The summed E-state index contributed by atoms with van der Waals surface area (Å²) in [6, 6.07) is 10.0. The zero-order valence-electron chi connectivity index (χ0n) is 22.3. The summed E-state index contributed by atoms with van der Waals surface area (Å²) >= 11 is 0.896. The van der Waals surface area contributed by atoms with Crippen LogP contribution >= 0.6 is 11.3 Å². The number of nitrogen functional groups attached to an aromatic ring is 1. The number of nitrogens with one attached hydrogen (secondary N) is 2. The number of aliphatic carboxylic acids is 1. The van der Waals surface area contributed by atoms with Crippen molar-refractivity contribution in [1.29, 1.82) is 0 Å². The molecule has 1 saturated heterocycles. The van der Waals surface area contributed by atoms with Gasteiger partial charge in [0, 0.05) is 23.8 Å². The molecule has 15 heteroatoms. The van der Waals surface area contributed by atoms with Gasteiger partial charge < -0.3 is 26.4 Å². The molecule has 42 heavy (non-hydrogen) atoms. The summed E-state index contributed by atoms with van der Waals surface area (Å²) in [6.07, 6.45) is -1.40. The molecule has 5 N–H and O–H groups in total. The van der Waals surface area contributed by atoms with Crippen molar-refractivity contribution >= 4 is 45.6 Å². The highest BCUT2D eigenvalue weighted by atomic mass is 32.1. The van der Waals surface area contributed by atoms with E-state index in [0.29, 0.717) is 11.3 Å². The first-order valence-corrected chi connectivity index (χ1v) is 13.5. The number of nitrogens with two attached hydrogens (primary N) is 1. The molecule has 1 aliphatic heterocycles. The van der Waals surface area contributed by atoms with Crippen LogP contribution in [0.25, 0.3) is 0 Å². The van der Waals surface area contributed by atoms with Gasteiger partial charge in [-0.3, -0.25) is 9.59 Å². The van der Waals surface area contributed by atoms with Crippen LogP contribution in [0.5, 0.6) is 0 Å². The van der Waals surface area contributed by atoms with Gasteiger partial charge in [-0.1, -0.05) is 23.8 Å². The molecule has 0 radical (unpaired) electrons. The average Bonchev–Trinajstić information content (AvgIpc) is 3.28. The molecule has 0 saturated carbocycles. The van der Waals surface area contributed by atoms with Crippen LogP contribution in [0.4, 0.5) is 38.6 Å². The lowest BCUT2D eigenvalue weighted by molar-refractivity contribution is -0.192. The Morgan fingerprint density at radius 2 is 1.62 bits per heavy atom. The number of aromatic nitrogens is 1. The number of hydrogen-bond acceptors (Lipinski definition) is 8. The van der Waals surface area contributed by atoms with Crippen LogP contribution < -0.4 is 16.4 Å². The van der Waals surface area contributed by atoms with Crippen LogP contribution in [0.1, 0.15) is 51.8 Å². The quantitative estimate of drug-likeness (QED) is 0.201. The SMILES string of the molecule is C[C@H](CN1CCCCC1)NC(=O)c1ccc(Nc2nc(N)c(C(=O)c3c(F)cccc3F)s2)cc1.O=C(O)C(F)(F)F. The lowest BCUT2D eigenvalue weighted by atomic mass is 10.1. The van der Waals surface area contributed by atoms with Crippen molar-refractivity contribution < 1.29 is 41.4 Å². The molecule has 1 fully saturated rings. The topological polar surface area (TPSA) is 138 Å². The molecule has 0 unspecified atom stereocenters. The maximum atomic E-state index is 14.0. The second-order valence-electron chi connectivity index (χ2n) is 9.40. The molecule has 226 valence electrons. The number of piperidine rings is 1. The van der Waals surface area contributed by atoms with Crippen LogP contribution in [0, 0.1) is 11.6 Å². The average molecular weight is 614 g/mol. The van der Waals surface area contributed by atoms with Gasteiger partial charge in [-0.15, -0.1) is 0 Å². The number of carbonyl (C=O) groups is 3. The van der Waals surface area contributed by atoms with Crippen LogP contribution in [0.15, 0.2) is 42.5 Å². The van der Waals surface area contributed by atoms with E-state index >= 15 is 0 Å². The number of carbonyl (C=O) groups excluding carboxylic acids is 2. The van der Waals surface area contributed by atoms with E-state index in [1.165, 1.54) is 25.3 Å². The fourth-order valence-electron chi connectivity index (χ4n) is 4.09. The van der Waals surface area contributed by atoms with E-state index in [0.717, 1.165) is 43.1 Å². The van der Waals surface area contributed by atoms with Gasteiger partial charge in [-0.05, 0) is 69.3 Å². The Hall–Kier alpha value is -4.11. The van der Waals surface area contributed by atoms with Crippen molar-refractivity contribution in [2.75, 3.05) is 30.7 Å². The van der Waals surface area contributed by atoms with Crippen molar-refractivity contribution in [1.82, 2.24) is 15.2 Å². The lowest BCUT2D eigenvalue weighted by Gasteiger charge is -2.29. The van der Waals surface area contributed by atoms with Gasteiger partial charge in [0.2, 0.25) is 5.78 Å². The number of hydrogen-bond donors (Lipinski definition) is 4. The lowest BCUT2D eigenvalue weighted by Crippen LogP contribution is -2.43. The molecule has 0 bridgehead atoms. The van der Waals surface area contributed by atoms with Crippen molar-refractivity contribution in [3.63, 3.8) is 0 Å². The molecule has 1 aromatic heterocycles. The summed E-state index contributed by atoms with van der Waals surface area (Å²) in [5.74, 6) is -5.82. The molecule has 1 aliphatic rings. The van der Waals surface area contributed by atoms with Gasteiger partial charge >= 0.3 is 12.1 Å². The van der Waals surface area contributed by atoms with Crippen LogP contribution in [-0.4, -0.2) is 64.5 Å². The number of thiazole rings is 1. The van der Waals surface area contributed by atoms with Crippen molar-refractivity contribution in [3.05, 3.63) is 70.1 Å². The Balaban J connectivity index is 0.000000616. The molecule has 4 rings (SSSR count). The second kappa shape index (κ2) is 14.2. The van der Waals surface area contributed by atoms with E-state index in [9.17, 15) is 31.5 Å². The van der Waals surface area contributed by atoms with Gasteiger partial charge in [0.15, 0.2) is 5.13 Å². The number of anilines is 3. The third-order valence-corrected chi connectivity index (χ3v) is 7.03.